The van der Waals surface area contributed by atoms with Crippen LogP contribution >= 0.6 is 0 Å². The minimum atomic E-state index is 0.271. The predicted molar refractivity (Wildman–Crippen MR) is 55.7 cm³/mol. The Labute approximate surface area is 81.2 Å². The fourth-order valence-electron chi connectivity index (χ4n) is 1.67. The highest BCUT2D eigenvalue weighted by molar-refractivity contribution is 4.98. The summed E-state index contributed by atoms with van der Waals surface area (Å²) in [5.74, 6) is 0. The van der Waals surface area contributed by atoms with Crippen LogP contribution in [0.25, 0.3) is 0 Å². The summed E-state index contributed by atoms with van der Waals surface area (Å²) in [6, 6.07) is 0.718. The van der Waals surface area contributed by atoms with Crippen LogP contribution < -0.4 is 0 Å². The van der Waals surface area contributed by atoms with Crippen molar-refractivity contribution in [3.8, 4) is 0 Å². The second-order valence-corrected chi connectivity index (χ2v) is 3.88. The molecule has 0 aromatic carbocycles. The number of rotatable bonds is 6. The first-order chi connectivity index (χ1) is 6.27. The fourth-order valence-corrected chi connectivity index (χ4v) is 1.67. The van der Waals surface area contributed by atoms with E-state index in [1.807, 2.05) is 0 Å². The smallest absolute Gasteiger partial charge is 0.0558 e. The molecule has 76 valence electrons. The number of hydrogen-bond donors (Lipinski definition) is 1. The third-order valence-electron chi connectivity index (χ3n) is 2.91. The van der Waals surface area contributed by atoms with Gasteiger partial charge in [-0.25, -0.2) is 0 Å². The van der Waals surface area contributed by atoms with Gasteiger partial charge in [0.25, 0.3) is 0 Å². The molecular formula is C11H21NO. The molecule has 0 amide bonds. The zero-order valence-electron chi connectivity index (χ0n) is 8.63. The predicted octanol–water partition coefficient (Wildman–Crippen LogP) is 1.80. The number of aliphatic hydroxyl groups is 1. The number of nitrogens with zero attached hydrogens (tertiary/aromatic N) is 1. The molecule has 13 heavy (non-hydrogen) atoms. The molecule has 0 unspecified atom stereocenters. The van der Waals surface area contributed by atoms with Gasteiger partial charge in [0.05, 0.1) is 6.61 Å². The molecule has 0 heterocycles. The summed E-state index contributed by atoms with van der Waals surface area (Å²) in [6.07, 6.45) is 5.01. The lowest BCUT2D eigenvalue weighted by molar-refractivity contribution is 0.111. The van der Waals surface area contributed by atoms with Crippen molar-refractivity contribution < 1.29 is 5.11 Å². The molecule has 1 saturated carbocycles. The quantitative estimate of drug-likeness (QED) is 0.635. The highest BCUT2D eigenvalue weighted by Crippen LogP contribution is 2.25. The van der Waals surface area contributed by atoms with Crippen molar-refractivity contribution in [2.45, 2.75) is 38.6 Å². The topological polar surface area (TPSA) is 23.5 Å². The van der Waals surface area contributed by atoms with E-state index < -0.39 is 0 Å². The summed E-state index contributed by atoms with van der Waals surface area (Å²) in [5.41, 5.74) is 1.28. The Morgan fingerprint density at radius 1 is 1.54 bits per heavy atom. The zero-order valence-corrected chi connectivity index (χ0v) is 8.63. The Morgan fingerprint density at radius 2 is 2.23 bits per heavy atom. The number of aliphatic hydroxyl groups excluding tert-OH is 1. The van der Waals surface area contributed by atoms with Crippen molar-refractivity contribution >= 4 is 0 Å². The van der Waals surface area contributed by atoms with Gasteiger partial charge in [0, 0.05) is 19.1 Å². The van der Waals surface area contributed by atoms with E-state index in [4.69, 9.17) is 5.11 Å². The maximum Gasteiger partial charge on any atom is 0.0558 e. The molecule has 1 N–H and O–H groups in total. The summed E-state index contributed by atoms with van der Waals surface area (Å²) in [4.78, 5) is 2.37. The fraction of sp³-hybridized carbons (Fsp3) is 0.818. The van der Waals surface area contributed by atoms with E-state index in [0.717, 1.165) is 25.6 Å². The van der Waals surface area contributed by atoms with Gasteiger partial charge in [0.1, 0.15) is 0 Å². The maximum absolute atomic E-state index is 8.92. The average molecular weight is 183 g/mol. The molecule has 1 fully saturated rings. The van der Waals surface area contributed by atoms with Crippen molar-refractivity contribution in [2.24, 2.45) is 0 Å². The van der Waals surface area contributed by atoms with Gasteiger partial charge in [-0.05, 0) is 19.3 Å². The van der Waals surface area contributed by atoms with Crippen molar-refractivity contribution in [3.05, 3.63) is 12.2 Å². The normalized spacial score (nSPS) is 17.5. The molecule has 1 aliphatic carbocycles. The van der Waals surface area contributed by atoms with E-state index in [0.29, 0.717) is 0 Å². The highest BCUT2D eigenvalue weighted by atomic mass is 16.3. The van der Waals surface area contributed by atoms with Crippen molar-refractivity contribution in [1.82, 2.24) is 4.90 Å². The van der Waals surface area contributed by atoms with E-state index in [-0.39, 0.29) is 6.61 Å². The average Bonchev–Trinajstić information content (AvgIpc) is 2.01. The molecule has 2 nitrogen and oxygen atoms in total. The zero-order chi connectivity index (χ0) is 9.68. The standard InChI is InChI=1S/C11H21NO/c1-3-10(2)9-12(7-8-13)11-5-4-6-11/h11,13H,2-9H2,1H3. The van der Waals surface area contributed by atoms with Crippen LogP contribution in [0.15, 0.2) is 12.2 Å². The first kappa shape index (κ1) is 10.7. The minimum Gasteiger partial charge on any atom is -0.395 e. The van der Waals surface area contributed by atoms with Crippen molar-refractivity contribution in [2.75, 3.05) is 19.7 Å². The SMILES string of the molecule is C=C(CC)CN(CCO)C1CCC1. The van der Waals surface area contributed by atoms with E-state index >= 15 is 0 Å². The maximum atomic E-state index is 8.92. The van der Waals surface area contributed by atoms with Gasteiger partial charge in [0.15, 0.2) is 0 Å². The monoisotopic (exact) mass is 183 g/mol. The van der Waals surface area contributed by atoms with Crippen LogP contribution in [0.4, 0.5) is 0 Å². The van der Waals surface area contributed by atoms with E-state index in [2.05, 4.69) is 18.4 Å². The van der Waals surface area contributed by atoms with Crippen LogP contribution in [0.1, 0.15) is 32.6 Å². The Kier molecular flexibility index (Phi) is 4.46. The van der Waals surface area contributed by atoms with Crippen LogP contribution in [-0.2, 0) is 0 Å². The summed E-state index contributed by atoms with van der Waals surface area (Å²) >= 11 is 0. The first-order valence-electron chi connectivity index (χ1n) is 5.29. The molecule has 0 bridgehead atoms. The van der Waals surface area contributed by atoms with Gasteiger partial charge in [-0.1, -0.05) is 25.5 Å². The van der Waals surface area contributed by atoms with Gasteiger partial charge in [-0.15, -0.1) is 0 Å². The molecule has 0 atom stereocenters. The van der Waals surface area contributed by atoms with Gasteiger partial charge >= 0.3 is 0 Å². The third-order valence-corrected chi connectivity index (χ3v) is 2.91. The van der Waals surface area contributed by atoms with Crippen molar-refractivity contribution in [1.29, 1.82) is 0 Å². The molecule has 0 saturated heterocycles. The van der Waals surface area contributed by atoms with Crippen molar-refractivity contribution in [3.63, 3.8) is 0 Å². The third kappa shape index (κ3) is 3.12. The summed E-state index contributed by atoms with van der Waals surface area (Å²) in [5, 5.41) is 8.92. The lowest BCUT2D eigenvalue weighted by Crippen LogP contribution is -2.42. The minimum absolute atomic E-state index is 0.271. The second kappa shape index (κ2) is 5.40. The lowest BCUT2D eigenvalue weighted by atomic mass is 9.91. The van der Waals surface area contributed by atoms with Crippen LogP contribution in [-0.4, -0.2) is 35.7 Å². The summed E-state index contributed by atoms with van der Waals surface area (Å²) in [6.45, 7) is 8.21. The Bertz CT molecular complexity index is 163. The van der Waals surface area contributed by atoms with Gasteiger partial charge in [-0.2, -0.15) is 0 Å². The van der Waals surface area contributed by atoms with Gasteiger partial charge in [0.2, 0.25) is 0 Å². The van der Waals surface area contributed by atoms with E-state index in [1.165, 1.54) is 24.8 Å². The molecule has 1 aliphatic rings. The molecule has 0 aromatic heterocycles. The second-order valence-electron chi connectivity index (χ2n) is 3.88. The highest BCUT2D eigenvalue weighted by Gasteiger charge is 2.24. The van der Waals surface area contributed by atoms with Gasteiger partial charge in [-0.3, -0.25) is 4.90 Å². The largest absolute Gasteiger partial charge is 0.395 e. The van der Waals surface area contributed by atoms with E-state index in [1.54, 1.807) is 0 Å². The Balaban J connectivity index is 2.32. The molecule has 0 aliphatic heterocycles. The first-order valence-corrected chi connectivity index (χ1v) is 5.29. The summed E-state index contributed by atoms with van der Waals surface area (Å²) in [7, 11) is 0. The number of hydrogen-bond acceptors (Lipinski definition) is 2. The van der Waals surface area contributed by atoms with Gasteiger partial charge < -0.3 is 5.11 Å². The Hall–Kier alpha value is -0.340. The summed E-state index contributed by atoms with van der Waals surface area (Å²) < 4.78 is 0. The molecule has 0 aromatic rings. The molecule has 2 heteroatoms. The van der Waals surface area contributed by atoms with Crippen LogP contribution in [0.2, 0.25) is 0 Å². The molecule has 0 radical (unpaired) electrons. The van der Waals surface area contributed by atoms with Crippen LogP contribution in [0.5, 0.6) is 0 Å². The molecular weight excluding hydrogens is 162 g/mol. The van der Waals surface area contributed by atoms with E-state index in [9.17, 15) is 0 Å². The Morgan fingerprint density at radius 3 is 2.62 bits per heavy atom. The molecule has 0 spiro atoms. The lowest BCUT2D eigenvalue weighted by Gasteiger charge is -2.37. The van der Waals surface area contributed by atoms with Crippen LogP contribution in [0.3, 0.4) is 0 Å². The molecule has 1 rings (SSSR count). The van der Waals surface area contributed by atoms with Crippen LogP contribution in [0, 0.1) is 0 Å².